The normalized spacial score (nSPS) is 15.1. The van der Waals surface area contributed by atoms with Gasteiger partial charge in [-0.3, -0.25) is 0 Å². The highest BCUT2D eigenvalue weighted by molar-refractivity contribution is 7.88. The molecular formula is C23H25N7O3S. The van der Waals surface area contributed by atoms with Gasteiger partial charge in [-0.1, -0.05) is 17.3 Å². The highest BCUT2D eigenvalue weighted by Crippen LogP contribution is 2.24. The molecule has 0 spiro atoms. The lowest BCUT2D eigenvalue weighted by Gasteiger charge is -2.34. The number of sulfonamides is 1. The topological polar surface area (TPSA) is 117 Å². The Labute approximate surface area is 197 Å². The van der Waals surface area contributed by atoms with E-state index in [9.17, 15) is 8.42 Å². The van der Waals surface area contributed by atoms with Crippen molar-refractivity contribution in [2.24, 2.45) is 0 Å². The fourth-order valence-electron chi connectivity index (χ4n) is 4.02. The average Bonchev–Trinajstić information content (AvgIpc) is 3.21. The van der Waals surface area contributed by atoms with Gasteiger partial charge in [-0.05, 0) is 43.7 Å². The second-order valence-electron chi connectivity index (χ2n) is 8.27. The minimum absolute atomic E-state index is 0.186. The van der Waals surface area contributed by atoms with Crippen LogP contribution in [0.1, 0.15) is 17.1 Å². The first-order valence-electron chi connectivity index (χ1n) is 11.0. The zero-order valence-electron chi connectivity index (χ0n) is 19.0. The molecule has 10 nitrogen and oxygen atoms in total. The number of aromatic nitrogens is 4. The molecule has 0 amide bonds. The van der Waals surface area contributed by atoms with E-state index < -0.39 is 10.0 Å². The van der Waals surface area contributed by atoms with Crippen LogP contribution in [0.2, 0.25) is 0 Å². The molecule has 5 rings (SSSR count). The third-order valence-corrected chi connectivity index (χ3v) is 7.51. The molecule has 0 atom stereocenters. The molecular weight excluding hydrogens is 454 g/mol. The van der Waals surface area contributed by atoms with Crippen molar-refractivity contribution in [2.75, 3.05) is 36.4 Å². The molecule has 1 N–H and O–H groups in total. The van der Waals surface area contributed by atoms with Gasteiger partial charge in [0, 0.05) is 43.8 Å². The predicted molar refractivity (Wildman–Crippen MR) is 129 cm³/mol. The number of para-hydroxylation sites is 1. The third-order valence-electron chi connectivity index (χ3n) is 5.72. The minimum Gasteiger partial charge on any atom is -0.356 e. The third kappa shape index (κ3) is 4.70. The van der Waals surface area contributed by atoms with Crippen LogP contribution in [0.25, 0.3) is 11.0 Å². The number of pyridine rings is 1. The lowest BCUT2D eigenvalue weighted by Crippen LogP contribution is -2.49. The van der Waals surface area contributed by atoms with Crippen LogP contribution in [0.15, 0.2) is 53.2 Å². The van der Waals surface area contributed by atoms with E-state index in [4.69, 9.17) is 4.52 Å². The molecule has 3 aromatic heterocycles. The summed E-state index contributed by atoms with van der Waals surface area (Å²) in [6.07, 6.45) is 1.74. The number of aryl methyl sites for hydroxylation is 2. The first-order valence-corrected chi connectivity index (χ1v) is 12.6. The van der Waals surface area contributed by atoms with Gasteiger partial charge in [-0.15, -0.1) is 0 Å². The number of piperazine rings is 1. The van der Waals surface area contributed by atoms with Gasteiger partial charge < -0.3 is 14.7 Å². The summed E-state index contributed by atoms with van der Waals surface area (Å²) in [7, 11) is -3.53. The van der Waals surface area contributed by atoms with E-state index in [1.807, 2.05) is 50.2 Å². The molecule has 11 heteroatoms. The van der Waals surface area contributed by atoms with Crippen molar-refractivity contribution < 1.29 is 12.9 Å². The van der Waals surface area contributed by atoms with Crippen LogP contribution in [0, 0.1) is 13.8 Å². The fourth-order valence-corrected chi connectivity index (χ4v) is 5.47. The Kier molecular flexibility index (Phi) is 5.88. The maximum atomic E-state index is 13.1. The van der Waals surface area contributed by atoms with Crippen molar-refractivity contribution in [1.82, 2.24) is 24.4 Å². The van der Waals surface area contributed by atoms with Gasteiger partial charge >= 0.3 is 0 Å². The van der Waals surface area contributed by atoms with Crippen LogP contribution in [-0.4, -0.2) is 59.0 Å². The molecule has 1 saturated heterocycles. The van der Waals surface area contributed by atoms with Gasteiger partial charge in [0.2, 0.25) is 10.0 Å². The van der Waals surface area contributed by atoms with E-state index in [0.717, 1.165) is 16.8 Å². The first kappa shape index (κ1) is 22.2. The van der Waals surface area contributed by atoms with E-state index in [2.05, 4.69) is 30.3 Å². The molecule has 4 heterocycles. The van der Waals surface area contributed by atoms with E-state index >= 15 is 0 Å². The Morgan fingerprint density at radius 3 is 2.59 bits per heavy atom. The zero-order chi connectivity index (χ0) is 23.7. The number of nitrogens with zero attached hydrogens (tertiary/aromatic N) is 6. The highest BCUT2D eigenvalue weighted by atomic mass is 32.2. The molecule has 4 aromatic rings. The maximum absolute atomic E-state index is 13.1. The first-order chi connectivity index (χ1) is 16.4. The van der Waals surface area contributed by atoms with E-state index in [1.165, 1.54) is 4.31 Å². The number of rotatable bonds is 6. The van der Waals surface area contributed by atoms with Crippen molar-refractivity contribution in [3.63, 3.8) is 0 Å². The summed E-state index contributed by atoms with van der Waals surface area (Å²) in [6, 6.07) is 13.0. The Bertz CT molecular complexity index is 1430. The number of nitrogens with one attached hydrogen (secondary N) is 1. The van der Waals surface area contributed by atoms with Crippen molar-refractivity contribution in [1.29, 1.82) is 0 Å². The summed E-state index contributed by atoms with van der Waals surface area (Å²) in [4.78, 5) is 15.4. The summed E-state index contributed by atoms with van der Waals surface area (Å²) in [6.45, 7) is 5.62. The van der Waals surface area contributed by atoms with Gasteiger partial charge in [0.1, 0.15) is 34.7 Å². The second kappa shape index (κ2) is 8.99. The number of hydrogen-bond donors (Lipinski definition) is 1. The van der Waals surface area contributed by atoms with Crippen LogP contribution in [-0.2, 0) is 15.8 Å². The van der Waals surface area contributed by atoms with Gasteiger partial charge in [0.25, 0.3) is 0 Å². The van der Waals surface area contributed by atoms with Crippen molar-refractivity contribution in [2.45, 2.75) is 19.6 Å². The Morgan fingerprint density at radius 2 is 1.79 bits per heavy atom. The zero-order valence-corrected chi connectivity index (χ0v) is 19.8. The monoisotopic (exact) mass is 479 g/mol. The SMILES string of the molecule is Cc1ccnc(Nc2cc(N3CCN(S(=O)(=O)Cc4noc5ccccc45)CC3)nc(C)n2)c1. The fraction of sp³-hybridized carbons (Fsp3) is 0.304. The van der Waals surface area contributed by atoms with Crippen molar-refractivity contribution in [3.05, 3.63) is 65.7 Å². The van der Waals surface area contributed by atoms with Crippen LogP contribution in [0.3, 0.4) is 0 Å². The number of anilines is 3. The minimum atomic E-state index is -3.53. The summed E-state index contributed by atoms with van der Waals surface area (Å²) < 4.78 is 32.9. The smallest absolute Gasteiger partial charge is 0.220 e. The standard InChI is InChI=1S/C23H25N7O3S/c1-16-7-8-24-21(13-16)27-22-14-23(26-17(2)25-22)29-9-11-30(12-10-29)34(31,32)15-19-18-5-3-4-6-20(18)33-28-19/h3-8,13-14H,9-12,15H2,1-2H3,(H,24,25,26,27). The summed E-state index contributed by atoms with van der Waals surface area (Å²) >= 11 is 0. The molecule has 0 unspecified atom stereocenters. The predicted octanol–water partition coefficient (Wildman–Crippen LogP) is 3.03. The molecule has 176 valence electrons. The summed E-state index contributed by atoms with van der Waals surface area (Å²) in [5.74, 6) is 2.55. The van der Waals surface area contributed by atoms with Crippen LogP contribution < -0.4 is 10.2 Å². The molecule has 1 aliphatic rings. The highest BCUT2D eigenvalue weighted by Gasteiger charge is 2.29. The quantitative estimate of drug-likeness (QED) is 0.445. The summed E-state index contributed by atoms with van der Waals surface area (Å²) in [5.41, 5.74) is 2.12. The average molecular weight is 480 g/mol. The molecule has 0 saturated carbocycles. The Morgan fingerprint density at radius 1 is 1.00 bits per heavy atom. The molecule has 1 fully saturated rings. The Balaban J connectivity index is 1.27. The van der Waals surface area contributed by atoms with Crippen molar-refractivity contribution in [3.8, 4) is 0 Å². The van der Waals surface area contributed by atoms with Gasteiger partial charge in [0.15, 0.2) is 5.58 Å². The van der Waals surface area contributed by atoms with Crippen molar-refractivity contribution >= 4 is 38.4 Å². The maximum Gasteiger partial charge on any atom is 0.220 e. The van der Waals surface area contributed by atoms with Gasteiger partial charge in [-0.25, -0.2) is 23.4 Å². The molecule has 0 aliphatic carbocycles. The van der Waals surface area contributed by atoms with E-state index in [1.54, 1.807) is 12.3 Å². The van der Waals surface area contributed by atoms with E-state index in [-0.39, 0.29) is 5.75 Å². The second-order valence-corrected chi connectivity index (χ2v) is 10.2. The number of fused-ring (bicyclic) bond motifs is 1. The van der Waals surface area contributed by atoms with Crippen LogP contribution in [0.4, 0.5) is 17.5 Å². The molecule has 1 aromatic carbocycles. The molecule has 34 heavy (non-hydrogen) atoms. The molecule has 0 bridgehead atoms. The largest absolute Gasteiger partial charge is 0.356 e. The summed E-state index contributed by atoms with van der Waals surface area (Å²) in [5, 5.41) is 7.93. The lowest BCUT2D eigenvalue weighted by molar-refractivity contribution is 0.381. The van der Waals surface area contributed by atoms with E-state index in [0.29, 0.717) is 54.9 Å². The molecule has 1 aliphatic heterocycles. The number of hydrogen-bond acceptors (Lipinski definition) is 9. The molecule has 0 radical (unpaired) electrons. The van der Waals surface area contributed by atoms with Gasteiger partial charge in [-0.2, -0.15) is 4.31 Å². The van der Waals surface area contributed by atoms with Crippen LogP contribution >= 0.6 is 0 Å². The number of benzene rings is 1. The Hall–Kier alpha value is -3.57. The lowest BCUT2D eigenvalue weighted by atomic mass is 10.2. The van der Waals surface area contributed by atoms with Crippen LogP contribution in [0.5, 0.6) is 0 Å². The van der Waals surface area contributed by atoms with Gasteiger partial charge in [0.05, 0.1) is 0 Å².